The van der Waals surface area contributed by atoms with Gasteiger partial charge in [-0.15, -0.1) is 0 Å². The number of nitrogens with zero attached hydrogens (tertiary/aromatic N) is 1. The van der Waals surface area contributed by atoms with Gasteiger partial charge in [0.25, 0.3) is 0 Å². The minimum Gasteiger partial charge on any atom is -0.298 e. The second kappa shape index (κ2) is 7.10. The van der Waals surface area contributed by atoms with E-state index in [4.69, 9.17) is 0 Å². The van der Waals surface area contributed by atoms with E-state index in [1.54, 1.807) is 0 Å². The second-order valence-electron chi connectivity index (χ2n) is 5.84. The number of halogens is 6. The van der Waals surface area contributed by atoms with E-state index in [0.29, 0.717) is 6.29 Å². The Bertz CT molecular complexity index is 1020. The fraction of sp³-hybridized carbons (Fsp3) is 0.100. The summed E-state index contributed by atoms with van der Waals surface area (Å²) in [6.07, 6.45) is -9.08. The van der Waals surface area contributed by atoms with Gasteiger partial charge in [-0.1, -0.05) is 36.4 Å². The predicted molar refractivity (Wildman–Crippen MR) is 90.5 cm³/mol. The van der Waals surface area contributed by atoms with Crippen molar-refractivity contribution in [1.82, 2.24) is 4.98 Å². The lowest BCUT2D eigenvalue weighted by Crippen LogP contribution is -2.09. The highest BCUT2D eigenvalue weighted by molar-refractivity contribution is 5.88. The number of pyridine rings is 1. The molecule has 8 heteroatoms. The van der Waals surface area contributed by atoms with E-state index in [2.05, 4.69) is 4.98 Å². The minimum atomic E-state index is -4.72. The molecule has 0 spiro atoms. The molecule has 3 rings (SSSR count). The third-order valence-corrected chi connectivity index (χ3v) is 4.05. The Morgan fingerprint density at radius 2 is 1.18 bits per heavy atom. The number of hydrogen-bond acceptors (Lipinski definition) is 2. The van der Waals surface area contributed by atoms with Crippen LogP contribution in [0.1, 0.15) is 21.5 Å². The van der Waals surface area contributed by atoms with Gasteiger partial charge in [-0.2, -0.15) is 26.3 Å². The average Bonchev–Trinajstić information content (AvgIpc) is 2.66. The average molecular weight is 395 g/mol. The lowest BCUT2D eigenvalue weighted by Gasteiger charge is -2.16. The highest BCUT2D eigenvalue weighted by atomic mass is 19.4. The van der Waals surface area contributed by atoms with Gasteiger partial charge >= 0.3 is 12.4 Å². The van der Waals surface area contributed by atoms with Crippen LogP contribution >= 0.6 is 0 Å². The first-order valence-corrected chi connectivity index (χ1v) is 7.92. The van der Waals surface area contributed by atoms with Crippen molar-refractivity contribution in [2.75, 3.05) is 0 Å². The SMILES string of the molecule is O=Cc1ccc(-c2ccccc2C(F)(F)F)nc1-c1ccccc1C(F)(F)F. The molecule has 1 heterocycles. The van der Waals surface area contributed by atoms with Gasteiger partial charge < -0.3 is 0 Å². The smallest absolute Gasteiger partial charge is 0.298 e. The van der Waals surface area contributed by atoms with Gasteiger partial charge in [-0.25, -0.2) is 4.98 Å². The van der Waals surface area contributed by atoms with Gasteiger partial charge in [0.1, 0.15) is 0 Å². The monoisotopic (exact) mass is 395 g/mol. The maximum Gasteiger partial charge on any atom is 0.417 e. The minimum absolute atomic E-state index is 0.162. The second-order valence-corrected chi connectivity index (χ2v) is 5.84. The van der Waals surface area contributed by atoms with Crippen molar-refractivity contribution in [3.8, 4) is 22.5 Å². The molecule has 144 valence electrons. The number of carbonyl (C=O) groups is 1. The summed E-state index contributed by atoms with van der Waals surface area (Å²) in [5, 5.41) is 0. The van der Waals surface area contributed by atoms with Gasteiger partial charge in [-0.05, 0) is 24.3 Å². The zero-order chi connectivity index (χ0) is 20.5. The topological polar surface area (TPSA) is 30.0 Å². The first-order chi connectivity index (χ1) is 13.1. The summed E-state index contributed by atoms with van der Waals surface area (Å²) < 4.78 is 79.9. The van der Waals surface area contributed by atoms with Crippen molar-refractivity contribution < 1.29 is 31.1 Å². The molecule has 0 amide bonds. The van der Waals surface area contributed by atoms with Gasteiger partial charge in [0.2, 0.25) is 0 Å². The van der Waals surface area contributed by atoms with Gasteiger partial charge in [0.05, 0.1) is 22.5 Å². The predicted octanol–water partition coefficient (Wildman–Crippen LogP) is 6.27. The number of carbonyl (C=O) groups excluding carboxylic acids is 1. The van der Waals surface area contributed by atoms with E-state index in [-0.39, 0.29) is 28.1 Å². The molecule has 0 aliphatic rings. The highest BCUT2D eigenvalue weighted by Crippen LogP contribution is 2.40. The Kier molecular flexibility index (Phi) is 4.97. The summed E-state index contributed by atoms with van der Waals surface area (Å²) >= 11 is 0. The molecule has 0 aliphatic carbocycles. The summed E-state index contributed by atoms with van der Waals surface area (Å²) in [7, 11) is 0. The van der Waals surface area contributed by atoms with Crippen LogP contribution in [0.2, 0.25) is 0 Å². The van der Waals surface area contributed by atoms with E-state index in [9.17, 15) is 31.1 Å². The maximum absolute atomic E-state index is 13.3. The number of rotatable bonds is 3. The maximum atomic E-state index is 13.3. The molecule has 0 N–H and O–H groups in total. The molecule has 0 unspecified atom stereocenters. The van der Waals surface area contributed by atoms with Crippen molar-refractivity contribution in [2.45, 2.75) is 12.4 Å². The van der Waals surface area contributed by atoms with Crippen LogP contribution in [0.3, 0.4) is 0 Å². The highest BCUT2D eigenvalue weighted by Gasteiger charge is 2.35. The number of alkyl halides is 6. The Morgan fingerprint density at radius 1 is 0.679 bits per heavy atom. The molecular weight excluding hydrogens is 384 g/mol. The number of aldehydes is 1. The third-order valence-electron chi connectivity index (χ3n) is 4.05. The molecule has 2 nitrogen and oxygen atoms in total. The molecule has 28 heavy (non-hydrogen) atoms. The van der Waals surface area contributed by atoms with Gasteiger partial charge in [0, 0.05) is 16.7 Å². The lowest BCUT2D eigenvalue weighted by molar-refractivity contribution is -0.137. The van der Waals surface area contributed by atoms with Crippen molar-refractivity contribution in [1.29, 1.82) is 0 Å². The summed E-state index contributed by atoms with van der Waals surface area (Å²) in [4.78, 5) is 15.3. The van der Waals surface area contributed by atoms with E-state index in [1.807, 2.05) is 0 Å². The number of benzene rings is 2. The van der Waals surface area contributed by atoms with Crippen LogP contribution in [-0.2, 0) is 12.4 Å². The molecular formula is C20H11F6NO. The first kappa shape index (κ1) is 19.6. The van der Waals surface area contributed by atoms with Crippen LogP contribution in [-0.4, -0.2) is 11.3 Å². The molecule has 1 aromatic heterocycles. The Morgan fingerprint density at radius 3 is 1.71 bits per heavy atom. The summed E-state index contributed by atoms with van der Waals surface area (Å²) in [6, 6.07) is 11.4. The van der Waals surface area contributed by atoms with E-state index in [1.165, 1.54) is 36.4 Å². The first-order valence-electron chi connectivity index (χ1n) is 7.92. The van der Waals surface area contributed by atoms with Crippen LogP contribution in [0.4, 0.5) is 26.3 Å². The molecule has 0 saturated carbocycles. The zero-order valence-electron chi connectivity index (χ0n) is 14.0. The van der Waals surface area contributed by atoms with Gasteiger partial charge in [-0.3, -0.25) is 4.79 Å². The van der Waals surface area contributed by atoms with Crippen LogP contribution in [0, 0.1) is 0 Å². The quantitative estimate of drug-likeness (QED) is 0.387. The number of hydrogen-bond donors (Lipinski definition) is 0. The van der Waals surface area contributed by atoms with Crippen LogP contribution < -0.4 is 0 Å². The van der Waals surface area contributed by atoms with Crippen molar-refractivity contribution in [3.05, 3.63) is 77.4 Å². The lowest BCUT2D eigenvalue weighted by atomic mass is 9.98. The molecule has 0 aliphatic heterocycles. The van der Waals surface area contributed by atoms with Crippen molar-refractivity contribution in [2.24, 2.45) is 0 Å². The zero-order valence-corrected chi connectivity index (χ0v) is 14.0. The fourth-order valence-corrected chi connectivity index (χ4v) is 2.82. The molecule has 0 saturated heterocycles. The summed E-state index contributed by atoms with van der Waals surface area (Å²) in [5.74, 6) is 0. The largest absolute Gasteiger partial charge is 0.417 e. The third kappa shape index (κ3) is 3.76. The Balaban J connectivity index is 2.27. The van der Waals surface area contributed by atoms with Crippen LogP contribution in [0.15, 0.2) is 60.7 Å². The molecule has 0 atom stereocenters. The van der Waals surface area contributed by atoms with E-state index >= 15 is 0 Å². The molecule has 2 aromatic carbocycles. The summed E-state index contributed by atoms with van der Waals surface area (Å²) in [5.41, 5.74) is -3.38. The number of aromatic nitrogens is 1. The standard InChI is InChI=1S/C20H11F6NO/c21-19(22,23)15-7-3-1-5-13(15)17-10-9-12(11-28)18(27-17)14-6-2-4-8-16(14)20(24,25)26/h1-11H. The Labute approximate surface area is 155 Å². The van der Waals surface area contributed by atoms with Crippen molar-refractivity contribution in [3.63, 3.8) is 0 Å². The van der Waals surface area contributed by atoms with Crippen molar-refractivity contribution >= 4 is 6.29 Å². The molecule has 0 radical (unpaired) electrons. The molecule has 3 aromatic rings. The summed E-state index contributed by atoms with van der Waals surface area (Å²) in [6.45, 7) is 0. The van der Waals surface area contributed by atoms with Crippen LogP contribution in [0.5, 0.6) is 0 Å². The van der Waals surface area contributed by atoms with E-state index < -0.39 is 23.5 Å². The fourth-order valence-electron chi connectivity index (χ4n) is 2.82. The Hall–Kier alpha value is -3.16. The van der Waals surface area contributed by atoms with Crippen LogP contribution in [0.25, 0.3) is 22.5 Å². The normalized spacial score (nSPS) is 12.1. The van der Waals surface area contributed by atoms with Gasteiger partial charge in [0.15, 0.2) is 6.29 Å². The molecule has 0 fully saturated rings. The molecule has 0 bridgehead atoms. The van der Waals surface area contributed by atoms with E-state index in [0.717, 1.165) is 24.3 Å².